The van der Waals surface area contributed by atoms with Crippen LogP contribution in [0, 0.1) is 58.2 Å². The molecule has 1 N–H and O–H groups in total. The largest absolute Gasteiger partial charge is 0.310 e. The van der Waals surface area contributed by atoms with Crippen molar-refractivity contribution < 1.29 is 0 Å². The Morgan fingerprint density at radius 1 is 1.00 bits per heavy atom. The predicted octanol–water partition coefficient (Wildman–Crippen LogP) is 9.17. The van der Waals surface area contributed by atoms with E-state index in [9.17, 15) is 0 Å². The molecule has 1 saturated heterocycles. The molecule has 7 rings (SSSR count). The van der Waals surface area contributed by atoms with Crippen LogP contribution in [0.1, 0.15) is 105 Å². The van der Waals surface area contributed by atoms with E-state index in [1.54, 1.807) is 11.1 Å². The summed E-state index contributed by atoms with van der Waals surface area (Å²) in [5, 5.41) is 4.27. The number of nitrogens with zero attached hydrogens (tertiary/aromatic N) is 1. The van der Waals surface area contributed by atoms with Crippen LogP contribution in [-0.2, 0) is 0 Å². The molecule has 0 radical (unpaired) electrons. The van der Waals surface area contributed by atoms with Gasteiger partial charge in [0.15, 0.2) is 0 Å². The lowest BCUT2D eigenvalue weighted by atomic mass is 9.37. The normalized spacial score (nSPS) is 43.7. The van der Waals surface area contributed by atoms with Crippen LogP contribution >= 0.6 is 11.8 Å². The highest BCUT2D eigenvalue weighted by atomic mass is 32.2. The molecule has 43 heavy (non-hydrogen) atoms. The van der Waals surface area contributed by atoms with Gasteiger partial charge in [0.25, 0.3) is 0 Å². The molecule has 7 aliphatic rings. The van der Waals surface area contributed by atoms with Gasteiger partial charge in [0.1, 0.15) is 0 Å². The average molecular weight is 599 g/mol. The van der Waals surface area contributed by atoms with E-state index in [1.807, 2.05) is 0 Å². The lowest BCUT2D eigenvalue weighted by molar-refractivity contribution is -0.175. The third kappa shape index (κ3) is 4.82. The van der Waals surface area contributed by atoms with Crippen molar-refractivity contribution in [2.75, 3.05) is 31.3 Å². The maximum Gasteiger partial charge on any atom is 0.0445 e. The molecule has 0 amide bonds. The minimum absolute atomic E-state index is 0.219. The number of nitrogens with one attached hydrogen (secondary N) is 1. The zero-order valence-corrected chi connectivity index (χ0v) is 28.6. The molecule has 4 saturated carbocycles. The molecule has 5 fully saturated rings. The van der Waals surface area contributed by atoms with Crippen LogP contribution < -0.4 is 5.32 Å². The molecular formula is C40H58N2S. The summed E-state index contributed by atoms with van der Waals surface area (Å²) in [7, 11) is 0. The van der Waals surface area contributed by atoms with Crippen molar-refractivity contribution in [1.82, 2.24) is 10.2 Å². The Morgan fingerprint density at radius 3 is 2.60 bits per heavy atom. The summed E-state index contributed by atoms with van der Waals surface area (Å²) < 4.78 is 0. The highest BCUT2D eigenvalue weighted by molar-refractivity contribution is 7.99. The van der Waals surface area contributed by atoms with Crippen molar-refractivity contribution in [2.45, 2.75) is 110 Å². The topological polar surface area (TPSA) is 15.3 Å². The van der Waals surface area contributed by atoms with E-state index in [-0.39, 0.29) is 5.41 Å². The van der Waals surface area contributed by atoms with E-state index in [4.69, 9.17) is 6.42 Å². The minimum Gasteiger partial charge on any atom is -0.310 e. The summed E-state index contributed by atoms with van der Waals surface area (Å²) in [6, 6.07) is 0. The van der Waals surface area contributed by atoms with Crippen LogP contribution in [0.4, 0.5) is 0 Å². The number of rotatable bonds is 6. The van der Waals surface area contributed by atoms with Crippen LogP contribution in [0.3, 0.4) is 0 Å². The molecule has 0 aromatic heterocycles. The molecule has 0 spiro atoms. The molecule has 3 heteroatoms. The number of fused-ring (bicyclic) bond motifs is 7. The summed E-state index contributed by atoms with van der Waals surface area (Å²) in [5.74, 6) is 9.74. The molecule has 8 atom stereocenters. The predicted molar refractivity (Wildman–Crippen MR) is 185 cm³/mol. The summed E-state index contributed by atoms with van der Waals surface area (Å²) in [6.07, 6.45) is 29.5. The minimum atomic E-state index is 0.219. The SMILES string of the molecule is C#CC(=C)C1=CC=C(C2=CCC3(C)C(CCC4(C)C5CCC6(NCCN7CCSC7)CCCC6C5CCC43)C2(C)C)CC1. The molecule has 0 bridgehead atoms. The lowest BCUT2D eigenvalue weighted by Gasteiger charge is -2.68. The van der Waals surface area contributed by atoms with Crippen molar-refractivity contribution in [3.8, 4) is 12.3 Å². The van der Waals surface area contributed by atoms with Gasteiger partial charge in [0.2, 0.25) is 0 Å². The maximum atomic E-state index is 5.66. The summed E-state index contributed by atoms with van der Waals surface area (Å²) in [6.45, 7) is 18.5. The summed E-state index contributed by atoms with van der Waals surface area (Å²) in [5.41, 5.74) is 6.88. The van der Waals surface area contributed by atoms with Gasteiger partial charge in [-0.05, 0) is 133 Å². The molecular weight excluding hydrogens is 541 g/mol. The van der Waals surface area contributed by atoms with E-state index >= 15 is 0 Å². The van der Waals surface area contributed by atoms with E-state index < -0.39 is 0 Å². The van der Waals surface area contributed by atoms with Crippen molar-refractivity contribution in [2.24, 2.45) is 45.8 Å². The fourth-order valence-electron chi connectivity index (χ4n) is 13.0. The first-order chi connectivity index (χ1) is 20.6. The molecule has 6 aliphatic carbocycles. The molecule has 234 valence electrons. The van der Waals surface area contributed by atoms with E-state index in [1.165, 1.54) is 101 Å². The third-order valence-corrected chi connectivity index (χ3v) is 15.9. The van der Waals surface area contributed by atoms with Gasteiger partial charge in [-0.1, -0.05) is 64.8 Å². The quantitative estimate of drug-likeness (QED) is 0.307. The monoisotopic (exact) mass is 598 g/mol. The van der Waals surface area contributed by atoms with Crippen LogP contribution in [0.2, 0.25) is 0 Å². The third-order valence-electron chi connectivity index (χ3n) is 14.9. The number of thioether (sulfide) groups is 1. The highest BCUT2D eigenvalue weighted by Crippen LogP contribution is 2.72. The van der Waals surface area contributed by atoms with E-state index in [2.05, 4.69) is 80.4 Å². The fraction of sp³-hybridized carbons (Fsp3) is 0.750. The zero-order chi connectivity index (χ0) is 30.0. The van der Waals surface area contributed by atoms with Crippen molar-refractivity contribution in [1.29, 1.82) is 0 Å². The second kappa shape index (κ2) is 11.2. The lowest BCUT2D eigenvalue weighted by Crippen LogP contribution is -2.63. The van der Waals surface area contributed by atoms with Crippen LogP contribution in [0.5, 0.6) is 0 Å². The zero-order valence-electron chi connectivity index (χ0n) is 27.8. The van der Waals surface area contributed by atoms with Crippen molar-refractivity contribution >= 4 is 11.8 Å². The molecule has 0 aromatic rings. The van der Waals surface area contributed by atoms with Crippen LogP contribution in [0.25, 0.3) is 0 Å². The smallest absolute Gasteiger partial charge is 0.0445 e. The molecule has 8 unspecified atom stereocenters. The van der Waals surface area contributed by atoms with E-state index in [0.29, 0.717) is 16.4 Å². The Kier molecular flexibility index (Phi) is 7.96. The first-order valence-corrected chi connectivity index (χ1v) is 19.1. The first kappa shape index (κ1) is 30.4. The fourth-order valence-corrected chi connectivity index (χ4v) is 14.0. The number of hydrogen-bond acceptors (Lipinski definition) is 3. The molecule has 1 heterocycles. The highest BCUT2D eigenvalue weighted by Gasteiger charge is 2.65. The molecule has 2 nitrogen and oxygen atoms in total. The van der Waals surface area contributed by atoms with Gasteiger partial charge in [0, 0.05) is 42.4 Å². The maximum absolute atomic E-state index is 5.66. The molecule has 0 aromatic carbocycles. The Morgan fingerprint density at radius 2 is 1.86 bits per heavy atom. The number of hydrogen-bond donors (Lipinski definition) is 1. The Labute approximate surface area is 268 Å². The van der Waals surface area contributed by atoms with Gasteiger partial charge in [0.05, 0.1) is 0 Å². The summed E-state index contributed by atoms with van der Waals surface area (Å²) >= 11 is 2.11. The molecule has 1 aliphatic heterocycles. The van der Waals surface area contributed by atoms with Gasteiger partial charge in [-0.3, -0.25) is 4.90 Å². The van der Waals surface area contributed by atoms with Gasteiger partial charge >= 0.3 is 0 Å². The Bertz CT molecular complexity index is 1260. The average Bonchev–Trinajstić information content (AvgIpc) is 3.67. The van der Waals surface area contributed by atoms with Gasteiger partial charge in [-0.2, -0.15) is 0 Å². The standard InChI is InChI=1S/C40H58N2S/c1-7-28(2)29-10-12-30(13-11-29)32-16-20-39(6)35(37(32,3)4)18-21-38(5)33-17-22-40(41-23-24-42-25-26-43-27-42)19-8-9-34(40)31(33)14-15-36(38)39/h1,10,12,16,31,33-36,41H,2,8-9,11,13-15,17-27H2,3-6H3. The second-order valence-electron chi connectivity index (χ2n) is 16.8. The number of terminal acetylenes is 1. The second-order valence-corrected chi connectivity index (χ2v) is 17.9. The van der Waals surface area contributed by atoms with Crippen molar-refractivity contribution in [3.05, 3.63) is 47.1 Å². The van der Waals surface area contributed by atoms with Crippen molar-refractivity contribution in [3.63, 3.8) is 0 Å². The Hall–Kier alpha value is -1.21. The van der Waals surface area contributed by atoms with E-state index in [0.717, 1.165) is 48.0 Å². The summed E-state index contributed by atoms with van der Waals surface area (Å²) in [4.78, 5) is 2.66. The van der Waals surface area contributed by atoms with Crippen LogP contribution in [-0.4, -0.2) is 41.7 Å². The number of allylic oxidation sites excluding steroid dienone is 7. The Balaban J connectivity index is 1.10. The van der Waals surface area contributed by atoms with Gasteiger partial charge < -0.3 is 5.32 Å². The van der Waals surface area contributed by atoms with Crippen LogP contribution in [0.15, 0.2) is 47.1 Å². The van der Waals surface area contributed by atoms with Gasteiger partial charge in [-0.15, -0.1) is 18.2 Å². The van der Waals surface area contributed by atoms with Gasteiger partial charge in [-0.25, -0.2) is 0 Å². The first-order valence-electron chi connectivity index (χ1n) is 17.9.